The quantitative estimate of drug-likeness (QED) is 0.731. The lowest BCUT2D eigenvalue weighted by Crippen LogP contribution is -2.26. The number of benzene rings is 1. The van der Waals surface area contributed by atoms with Crippen molar-refractivity contribution in [2.75, 3.05) is 29.6 Å². The van der Waals surface area contributed by atoms with Gasteiger partial charge in [-0.2, -0.15) is 0 Å². The zero-order chi connectivity index (χ0) is 15.8. The minimum atomic E-state index is -0.828. The molecular weight excluding hydrogens is 338 g/mol. The van der Waals surface area contributed by atoms with Gasteiger partial charge in [-0.05, 0) is 35.6 Å². The summed E-state index contributed by atoms with van der Waals surface area (Å²) in [6.07, 6.45) is 1.27. The molecule has 1 heterocycles. The maximum Gasteiger partial charge on any atom is 0.313 e. The molecule has 1 aromatic rings. The lowest BCUT2D eigenvalue weighted by molar-refractivity contribution is -0.133. The largest absolute Gasteiger partial charge is 0.481 e. The molecule has 0 saturated carbocycles. The number of thioether (sulfide) groups is 3. The number of hydrogen-bond donors (Lipinski definition) is 2. The number of amides is 1. The van der Waals surface area contributed by atoms with Crippen molar-refractivity contribution in [2.45, 2.75) is 11.0 Å². The third kappa shape index (κ3) is 5.78. The van der Waals surface area contributed by atoms with E-state index in [1.807, 2.05) is 47.8 Å². The van der Waals surface area contributed by atoms with E-state index in [9.17, 15) is 9.59 Å². The van der Waals surface area contributed by atoms with Gasteiger partial charge in [-0.1, -0.05) is 12.1 Å². The molecule has 120 valence electrons. The zero-order valence-electron chi connectivity index (χ0n) is 12.1. The van der Waals surface area contributed by atoms with Gasteiger partial charge in [0.2, 0.25) is 0 Å². The van der Waals surface area contributed by atoms with E-state index >= 15 is 0 Å². The summed E-state index contributed by atoms with van der Waals surface area (Å²) in [5, 5.41) is 11.3. The fourth-order valence-corrected chi connectivity index (χ4v) is 5.43. The molecular formula is C15H19NO3S3. The van der Waals surface area contributed by atoms with Crippen LogP contribution in [0.4, 0.5) is 0 Å². The Morgan fingerprint density at radius 1 is 1.23 bits per heavy atom. The molecule has 1 saturated heterocycles. The van der Waals surface area contributed by atoms with E-state index < -0.39 is 5.97 Å². The standard InChI is InChI=1S/C15H19NO3S3/c17-13(18)10-20-9-6-16-14(19)11-2-4-12(5-3-11)15-21-7-1-8-22-15/h2-5,15H,1,6-10H2,(H,16,19)(H,17,18). The highest BCUT2D eigenvalue weighted by Crippen LogP contribution is 2.43. The Morgan fingerprint density at radius 2 is 1.91 bits per heavy atom. The van der Waals surface area contributed by atoms with Gasteiger partial charge in [0.1, 0.15) is 0 Å². The van der Waals surface area contributed by atoms with Crippen LogP contribution in [-0.2, 0) is 4.79 Å². The first-order valence-corrected chi connectivity index (χ1v) is 10.3. The number of rotatable bonds is 7. The minimum absolute atomic E-state index is 0.0707. The van der Waals surface area contributed by atoms with Crippen LogP contribution < -0.4 is 5.32 Å². The van der Waals surface area contributed by atoms with E-state index in [4.69, 9.17) is 5.11 Å². The van der Waals surface area contributed by atoms with E-state index in [1.165, 1.54) is 35.3 Å². The normalized spacial score (nSPS) is 15.5. The highest BCUT2D eigenvalue weighted by molar-refractivity contribution is 8.16. The van der Waals surface area contributed by atoms with Crippen LogP contribution in [0, 0.1) is 0 Å². The number of nitrogens with one attached hydrogen (secondary N) is 1. The maximum absolute atomic E-state index is 12.0. The Hall–Kier alpha value is -0.790. The molecule has 0 radical (unpaired) electrons. The van der Waals surface area contributed by atoms with Crippen molar-refractivity contribution in [1.82, 2.24) is 5.32 Å². The molecule has 1 aromatic carbocycles. The molecule has 1 aliphatic rings. The van der Waals surface area contributed by atoms with Crippen LogP contribution in [0.2, 0.25) is 0 Å². The molecule has 2 rings (SSSR count). The average Bonchev–Trinajstić information content (AvgIpc) is 2.55. The zero-order valence-corrected chi connectivity index (χ0v) is 14.6. The van der Waals surface area contributed by atoms with Crippen LogP contribution >= 0.6 is 35.3 Å². The highest BCUT2D eigenvalue weighted by Gasteiger charge is 2.16. The van der Waals surface area contributed by atoms with E-state index in [-0.39, 0.29) is 11.7 Å². The molecule has 1 amide bonds. The van der Waals surface area contributed by atoms with Crippen LogP contribution in [0.3, 0.4) is 0 Å². The average molecular weight is 358 g/mol. The molecule has 0 spiro atoms. The fraction of sp³-hybridized carbons (Fsp3) is 0.467. The van der Waals surface area contributed by atoms with Crippen molar-refractivity contribution in [3.05, 3.63) is 35.4 Å². The lowest BCUT2D eigenvalue weighted by Gasteiger charge is -2.21. The van der Waals surface area contributed by atoms with Gasteiger partial charge in [-0.15, -0.1) is 35.3 Å². The highest BCUT2D eigenvalue weighted by atomic mass is 32.2. The monoisotopic (exact) mass is 357 g/mol. The molecule has 0 unspecified atom stereocenters. The van der Waals surface area contributed by atoms with E-state index in [0.717, 1.165) is 0 Å². The molecule has 2 N–H and O–H groups in total. The summed E-state index contributed by atoms with van der Waals surface area (Å²) in [5.74, 6) is 2.14. The van der Waals surface area contributed by atoms with Gasteiger partial charge in [0, 0.05) is 17.9 Å². The van der Waals surface area contributed by atoms with E-state index in [0.29, 0.717) is 22.4 Å². The number of carboxylic acid groups (broad SMARTS) is 1. The van der Waals surface area contributed by atoms with Crippen LogP contribution in [0.15, 0.2) is 24.3 Å². The van der Waals surface area contributed by atoms with Crippen molar-refractivity contribution >= 4 is 47.2 Å². The Labute approximate surface area is 143 Å². The Morgan fingerprint density at radius 3 is 2.55 bits per heavy atom. The number of aliphatic carboxylic acids is 1. The number of carboxylic acids is 1. The van der Waals surface area contributed by atoms with Crippen molar-refractivity contribution in [1.29, 1.82) is 0 Å². The second kappa shape index (κ2) is 9.37. The van der Waals surface area contributed by atoms with Gasteiger partial charge < -0.3 is 10.4 Å². The Kier molecular flexibility index (Phi) is 7.48. The third-order valence-electron chi connectivity index (χ3n) is 3.03. The van der Waals surface area contributed by atoms with E-state index in [1.54, 1.807) is 0 Å². The Balaban J connectivity index is 1.77. The molecule has 1 fully saturated rings. The van der Waals surface area contributed by atoms with E-state index in [2.05, 4.69) is 5.32 Å². The fourth-order valence-electron chi connectivity index (χ4n) is 1.97. The summed E-state index contributed by atoms with van der Waals surface area (Å²) in [5.41, 5.74) is 1.92. The van der Waals surface area contributed by atoms with Crippen molar-refractivity contribution in [3.63, 3.8) is 0 Å². The first-order valence-electron chi connectivity index (χ1n) is 7.08. The Bertz CT molecular complexity index is 501. The van der Waals surface area contributed by atoms with Crippen molar-refractivity contribution < 1.29 is 14.7 Å². The van der Waals surface area contributed by atoms with Crippen LogP contribution in [-0.4, -0.2) is 46.5 Å². The number of carbonyl (C=O) groups is 2. The summed E-state index contributed by atoms with van der Waals surface area (Å²) in [6.45, 7) is 0.479. The molecule has 0 bridgehead atoms. The molecule has 7 heteroatoms. The summed E-state index contributed by atoms with van der Waals surface area (Å²) in [7, 11) is 0. The predicted octanol–water partition coefficient (Wildman–Crippen LogP) is 3.10. The van der Waals surface area contributed by atoms with Crippen molar-refractivity contribution in [3.8, 4) is 0 Å². The topological polar surface area (TPSA) is 66.4 Å². The second-order valence-corrected chi connectivity index (χ2v) is 8.58. The molecule has 0 atom stereocenters. The summed E-state index contributed by atoms with van der Waals surface area (Å²) < 4.78 is 0.485. The van der Waals surface area contributed by atoms with Gasteiger partial charge in [0.25, 0.3) is 5.91 Å². The number of carbonyl (C=O) groups excluding carboxylic acids is 1. The van der Waals surface area contributed by atoms with Crippen LogP contribution in [0.5, 0.6) is 0 Å². The van der Waals surface area contributed by atoms with Gasteiger partial charge in [-0.3, -0.25) is 9.59 Å². The van der Waals surface area contributed by atoms with Crippen LogP contribution in [0.25, 0.3) is 0 Å². The van der Waals surface area contributed by atoms with Crippen LogP contribution in [0.1, 0.15) is 26.9 Å². The molecule has 0 aliphatic carbocycles. The third-order valence-corrected chi connectivity index (χ3v) is 6.99. The molecule has 22 heavy (non-hydrogen) atoms. The van der Waals surface area contributed by atoms with Gasteiger partial charge in [-0.25, -0.2) is 0 Å². The smallest absolute Gasteiger partial charge is 0.313 e. The minimum Gasteiger partial charge on any atom is -0.481 e. The van der Waals surface area contributed by atoms with Crippen molar-refractivity contribution in [2.24, 2.45) is 0 Å². The molecule has 1 aliphatic heterocycles. The summed E-state index contributed by atoms with van der Waals surface area (Å²) >= 11 is 5.23. The SMILES string of the molecule is O=C(O)CSCCNC(=O)c1ccc(C2SCCCS2)cc1. The first kappa shape index (κ1) is 17.6. The summed E-state index contributed by atoms with van der Waals surface area (Å²) in [4.78, 5) is 22.4. The lowest BCUT2D eigenvalue weighted by atomic mass is 10.1. The number of hydrogen-bond acceptors (Lipinski definition) is 5. The van der Waals surface area contributed by atoms with Gasteiger partial charge in [0.15, 0.2) is 0 Å². The van der Waals surface area contributed by atoms with Gasteiger partial charge >= 0.3 is 5.97 Å². The second-order valence-electron chi connectivity index (χ2n) is 4.75. The molecule has 4 nitrogen and oxygen atoms in total. The first-order chi connectivity index (χ1) is 10.7. The predicted molar refractivity (Wildman–Crippen MR) is 96.0 cm³/mol. The summed E-state index contributed by atoms with van der Waals surface area (Å²) in [6, 6.07) is 7.80. The maximum atomic E-state index is 12.0. The van der Waals surface area contributed by atoms with Gasteiger partial charge in [0.05, 0.1) is 10.3 Å². The molecule has 0 aromatic heterocycles.